The molecule has 8 heavy (non-hydrogen) atoms. The maximum absolute atomic E-state index is 2.21. The predicted octanol–water partition coefficient (Wildman–Crippen LogP) is -1.73. The van der Waals surface area contributed by atoms with Crippen LogP contribution in [-0.4, -0.2) is 41.9 Å². The van der Waals surface area contributed by atoms with Crippen LogP contribution in [-0.2, 0) is 0 Å². The van der Waals surface area contributed by atoms with Gasteiger partial charge in [-0.1, -0.05) is 26.1 Å². The van der Waals surface area contributed by atoms with Gasteiger partial charge in [-0.2, -0.15) is 0 Å². The van der Waals surface area contributed by atoms with Crippen LogP contribution in [0.2, 0.25) is 6.32 Å². The number of rotatable bonds is 2. The summed E-state index contributed by atoms with van der Waals surface area (Å²) < 4.78 is 0. The lowest BCUT2D eigenvalue weighted by molar-refractivity contribution is 0.823. The predicted molar refractivity (Wildman–Crippen MR) is 44.0 cm³/mol. The summed E-state index contributed by atoms with van der Waals surface area (Å²) in [5.74, 6) is 0. The van der Waals surface area contributed by atoms with Gasteiger partial charge in [-0.3, -0.25) is 0 Å². The number of unbranched alkanes of at least 4 members (excludes halogenated alkanes) is 1. The highest BCUT2D eigenvalue weighted by molar-refractivity contribution is 6.08. The zero-order valence-corrected chi connectivity index (χ0v) is 5.12. The Balaban J connectivity index is -0.0000000267. The topological polar surface area (TPSA) is 63.0 Å². The minimum Gasteiger partial charge on any atom is -0.412 e. The lowest BCUT2D eigenvalue weighted by atomic mass is 10.0. The molecular weight excluding hydrogens is 115 g/mol. The molecule has 0 aliphatic carbocycles. The summed E-state index contributed by atoms with van der Waals surface area (Å²) in [5.41, 5.74) is 0. The van der Waals surface area contributed by atoms with E-state index in [1.54, 1.807) is 0 Å². The maximum Gasteiger partial charge on any atom is 0.316 e. The summed E-state index contributed by atoms with van der Waals surface area (Å²) in [6.45, 7) is 2.21. The summed E-state index contributed by atoms with van der Waals surface area (Å²) in [6.07, 6.45) is 4.08. The van der Waals surface area contributed by atoms with Gasteiger partial charge in [0, 0.05) is 0 Å². The van der Waals surface area contributed by atoms with Crippen LogP contribution in [0.15, 0.2) is 0 Å². The lowest BCUT2D eigenvalue weighted by Gasteiger charge is -1.78. The molecule has 0 aliphatic rings. The molecule has 4 N–H and O–H groups in total. The van der Waals surface area contributed by atoms with E-state index in [0.717, 1.165) is 0 Å². The molecule has 0 amide bonds. The first-order chi connectivity index (χ1) is 2.41. The minimum absolute atomic E-state index is 0. The van der Waals surface area contributed by atoms with E-state index in [2.05, 4.69) is 14.8 Å². The first-order valence-electron chi connectivity index (χ1n) is 2.41. The maximum atomic E-state index is 2.21. The van der Waals surface area contributed by atoms with Gasteiger partial charge in [-0.15, -0.1) is 0 Å². The highest BCUT2D eigenvalue weighted by Gasteiger charge is 1.68. The Morgan fingerprint density at radius 1 is 1.25 bits per heavy atom. The number of hydrogen-bond acceptors (Lipinski definition) is 0. The molecule has 0 rings (SSSR count). The average Bonchev–Trinajstić information content (AvgIpc) is 1.41. The van der Waals surface area contributed by atoms with Gasteiger partial charge in [0.25, 0.3) is 0 Å². The van der Waals surface area contributed by atoms with Crippen molar-refractivity contribution in [1.82, 2.24) is 0 Å². The highest BCUT2D eigenvalue weighted by atomic mass is 24.3. The van der Waals surface area contributed by atoms with E-state index >= 15 is 0 Å². The van der Waals surface area contributed by atoms with Crippen LogP contribution in [0.25, 0.3) is 0 Å². The second-order valence-electron chi connectivity index (χ2n) is 1.35. The first-order valence-corrected chi connectivity index (χ1v) is 2.41. The normalized spacial score (nSPS) is 5.12. The van der Waals surface area contributed by atoms with Crippen LogP contribution in [0.4, 0.5) is 0 Å². The van der Waals surface area contributed by atoms with E-state index in [4.69, 9.17) is 0 Å². The number of hydrogen-bond donors (Lipinski definition) is 0. The Kier molecular flexibility index (Phi) is 73.1. The molecule has 0 radical (unpaired) electrons. The van der Waals surface area contributed by atoms with Crippen molar-refractivity contribution in [1.29, 1.82) is 0 Å². The Bertz CT molecular complexity index is 21.5. The van der Waals surface area contributed by atoms with Crippen molar-refractivity contribution in [2.45, 2.75) is 26.1 Å². The molecular formula is C4H17BMgO2. The minimum atomic E-state index is 0. The fourth-order valence-electron chi connectivity index (χ4n) is 0.354. The molecule has 4 heteroatoms. The van der Waals surface area contributed by atoms with Gasteiger partial charge in [0.15, 0.2) is 0 Å². The highest BCUT2D eigenvalue weighted by Crippen LogP contribution is 1.86. The van der Waals surface area contributed by atoms with Gasteiger partial charge in [-0.05, 0) is 0 Å². The third-order valence-electron chi connectivity index (χ3n) is 0.707. The zero-order valence-electron chi connectivity index (χ0n) is 5.12. The molecule has 0 aromatic rings. The summed E-state index contributed by atoms with van der Waals surface area (Å²) >= 11 is 0. The molecule has 0 unspecified atom stereocenters. The summed E-state index contributed by atoms with van der Waals surface area (Å²) in [5, 5.41) is 0. The van der Waals surface area contributed by atoms with E-state index in [-0.39, 0.29) is 34.0 Å². The van der Waals surface area contributed by atoms with Crippen LogP contribution in [0.1, 0.15) is 19.8 Å². The Hall–Kier alpha value is 0.751. The fraction of sp³-hybridized carbons (Fsp3) is 1.00. The molecule has 0 fully saturated rings. The first kappa shape index (κ1) is 23.3. The molecule has 0 aliphatic heterocycles. The second kappa shape index (κ2) is 25.1. The van der Waals surface area contributed by atoms with Crippen molar-refractivity contribution in [2.24, 2.45) is 0 Å². The average molecular weight is 132 g/mol. The Morgan fingerprint density at radius 3 is 1.62 bits per heavy atom. The Labute approximate surface area is 68.2 Å². The largest absolute Gasteiger partial charge is 0.412 e. The third-order valence-corrected chi connectivity index (χ3v) is 0.707. The molecule has 0 aromatic carbocycles. The molecule has 2 nitrogen and oxygen atoms in total. The van der Waals surface area contributed by atoms with E-state index in [9.17, 15) is 0 Å². The van der Waals surface area contributed by atoms with Crippen molar-refractivity contribution in [3.8, 4) is 0 Å². The summed E-state index contributed by atoms with van der Waals surface area (Å²) in [6, 6.07) is 0. The van der Waals surface area contributed by atoms with Crippen molar-refractivity contribution in [3.63, 3.8) is 0 Å². The monoisotopic (exact) mass is 132 g/mol. The van der Waals surface area contributed by atoms with Crippen LogP contribution < -0.4 is 0 Å². The van der Waals surface area contributed by atoms with Crippen molar-refractivity contribution in [3.05, 3.63) is 0 Å². The van der Waals surface area contributed by atoms with E-state index in [0.29, 0.717) is 0 Å². The molecule has 0 heterocycles. The van der Waals surface area contributed by atoms with Gasteiger partial charge in [0.2, 0.25) is 0 Å². The molecule has 50 valence electrons. The van der Waals surface area contributed by atoms with Gasteiger partial charge in [-0.25, -0.2) is 0 Å². The summed E-state index contributed by atoms with van der Waals surface area (Å²) in [7, 11) is 2.21. The molecule has 0 bridgehead atoms. The van der Waals surface area contributed by atoms with Gasteiger partial charge >= 0.3 is 23.1 Å². The quantitative estimate of drug-likeness (QED) is 0.401. The van der Waals surface area contributed by atoms with E-state index in [1.807, 2.05) is 0 Å². The smallest absolute Gasteiger partial charge is 0.316 e. The van der Waals surface area contributed by atoms with E-state index < -0.39 is 0 Å². The van der Waals surface area contributed by atoms with Crippen LogP contribution in [0.5, 0.6) is 0 Å². The standard InChI is InChI=1S/C4H11B.Mg.2H2O.2H/c1-2-3-4-5;;;;;/h2-5H2,1H3;;2*1H2;;. The van der Waals surface area contributed by atoms with Crippen molar-refractivity contribution < 1.29 is 11.0 Å². The molecule has 0 saturated heterocycles. The molecule has 0 atom stereocenters. The van der Waals surface area contributed by atoms with Crippen LogP contribution in [0, 0.1) is 0 Å². The van der Waals surface area contributed by atoms with Crippen molar-refractivity contribution in [2.75, 3.05) is 0 Å². The van der Waals surface area contributed by atoms with Gasteiger partial charge in [0.1, 0.15) is 7.85 Å². The molecule has 0 aromatic heterocycles. The van der Waals surface area contributed by atoms with Crippen LogP contribution >= 0.6 is 0 Å². The van der Waals surface area contributed by atoms with E-state index in [1.165, 1.54) is 19.2 Å². The zero-order chi connectivity index (χ0) is 4.12. The molecule has 0 saturated carbocycles. The fourth-order valence-corrected chi connectivity index (χ4v) is 0.354. The van der Waals surface area contributed by atoms with Gasteiger partial charge < -0.3 is 11.0 Å². The van der Waals surface area contributed by atoms with Gasteiger partial charge in [0.05, 0.1) is 0 Å². The lowest BCUT2D eigenvalue weighted by Crippen LogP contribution is -1.63. The van der Waals surface area contributed by atoms with Crippen molar-refractivity contribution >= 4 is 30.9 Å². The SMILES string of the molecule is BCCCC.O.O.[MgH2]. The second-order valence-corrected chi connectivity index (χ2v) is 1.35. The van der Waals surface area contributed by atoms with Crippen LogP contribution in [0.3, 0.4) is 0 Å². The summed E-state index contributed by atoms with van der Waals surface area (Å²) in [4.78, 5) is 0. The third kappa shape index (κ3) is 29.5. The Morgan fingerprint density at radius 2 is 1.62 bits per heavy atom. The molecule has 0 spiro atoms.